The van der Waals surface area contributed by atoms with E-state index in [1.165, 1.54) is 23.9 Å². The molecule has 1 aromatic heterocycles. The molecule has 112 valence electrons. The van der Waals surface area contributed by atoms with Crippen molar-refractivity contribution in [2.45, 2.75) is 29.4 Å². The Morgan fingerprint density at radius 3 is 2.80 bits per heavy atom. The van der Waals surface area contributed by atoms with Crippen molar-refractivity contribution in [2.24, 2.45) is 7.05 Å². The van der Waals surface area contributed by atoms with Crippen LogP contribution in [0.4, 0.5) is 0 Å². The minimum atomic E-state index is -3.67. The largest absolute Gasteiger partial charge is 0.477 e. The summed E-state index contributed by atoms with van der Waals surface area (Å²) in [5.41, 5.74) is -0.0492. The molecule has 0 aliphatic carbocycles. The molecule has 1 unspecified atom stereocenters. The molecule has 0 amide bonds. The molecule has 20 heavy (non-hydrogen) atoms. The Kier molecular flexibility index (Phi) is 4.17. The third-order valence-electron chi connectivity index (χ3n) is 3.45. The molecule has 1 atom stereocenters. The van der Waals surface area contributed by atoms with Crippen molar-refractivity contribution in [3.05, 3.63) is 18.0 Å². The number of carboxylic acids is 1. The number of rotatable bonds is 5. The number of carboxylic acid groups (broad SMARTS) is 1. The van der Waals surface area contributed by atoms with E-state index in [2.05, 4.69) is 4.72 Å². The SMILES string of the molecule is Cn1cc(S(=O)(=O)NCC2(C)CCCS2)cc1C(=O)O. The highest BCUT2D eigenvalue weighted by Gasteiger charge is 2.31. The van der Waals surface area contributed by atoms with E-state index in [4.69, 9.17) is 5.11 Å². The zero-order valence-corrected chi connectivity index (χ0v) is 13.1. The normalized spacial score (nSPS) is 23.1. The van der Waals surface area contributed by atoms with Gasteiger partial charge in [0.2, 0.25) is 10.0 Å². The highest BCUT2D eigenvalue weighted by molar-refractivity contribution is 8.01. The van der Waals surface area contributed by atoms with Crippen molar-refractivity contribution < 1.29 is 18.3 Å². The molecule has 1 aromatic rings. The zero-order chi connectivity index (χ0) is 15.0. The van der Waals surface area contributed by atoms with E-state index < -0.39 is 16.0 Å². The van der Waals surface area contributed by atoms with Crippen LogP contribution in [0.1, 0.15) is 30.3 Å². The molecule has 8 heteroatoms. The standard InChI is InChI=1S/C12H18N2O4S2/c1-12(4-3-5-19-12)8-13-20(17,18)9-6-10(11(15)16)14(2)7-9/h6-7,13H,3-5,8H2,1-2H3,(H,15,16). The second kappa shape index (κ2) is 5.42. The topological polar surface area (TPSA) is 88.4 Å². The van der Waals surface area contributed by atoms with E-state index in [1.807, 2.05) is 6.92 Å². The number of aromatic nitrogens is 1. The number of sulfonamides is 1. The van der Waals surface area contributed by atoms with Gasteiger partial charge in [-0.05, 0) is 31.6 Å². The average Bonchev–Trinajstić information content (AvgIpc) is 2.94. The van der Waals surface area contributed by atoms with Crippen LogP contribution in [0, 0.1) is 0 Å². The summed E-state index contributed by atoms with van der Waals surface area (Å²) in [7, 11) is -2.16. The van der Waals surface area contributed by atoms with Crippen LogP contribution in [-0.4, -0.2) is 41.1 Å². The third-order valence-corrected chi connectivity index (χ3v) is 6.35. The minimum absolute atomic E-state index is 0.0102. The van der Waals surface area contributed by atoms with E-state index >= 15 is 0 Å². The van der Waals surface area contributed by atoms with Gasteiger partial charge in [-0.1, -0.05) is 0 Å². The molecule has 0 saturated carbocycles. The molecule has 2 heterocycles. The van der Waals surface area contributed by atoms with Crippen LogP contribution < -0.4 is 4.72 Å². The fourth-order valence-electron chi connectivity index (χ4n) is 2.20. The van der Waals surface area contributed by atoms with Gasteiger partial charge in [0.25, 0.3) is 0 Å². The lowest BCUT2D eigenvalue weighted by Crippen LogP contribution is -2.36. The van der Waals surface area contributed by atoms with Gasteiger partial charge in [-0.3, -0.25) is 0 Å². The maximum atomic E-state index is 12.2. The Bertz CT molecular complexity index is 615. The average molecular weight is 318 g/mol. The number of thioether (sulfide) groups is 1. The van der Waals surface area contributed by atoms with Crippen molar-refractivity contribution in [3.8, 4) is 0 Å². The van der Waals surface area contributed by atoms with Gasteiger partial charge in [-0.15, -0.1) is 0 Å². The first-order chi connectivity index (χ1) is 9.23. The van der Waals surface area contributed by atoms with Crippen LogP contribution in [0.2, 0.25) is 0 Å². The number of aromatic carboxylic acids is 1. The van der Waals surface area contributed by atoms with Crippen LogP contribution in [0.3, 0.4) is 0 Å². The predicted molar refractivity (Wildman–Crippen MR) is 77.7 cm³/mol. The number of nitrogens with one attached hydrogen (secondary N) is 1. The van der Waals surface area contributed by atoms with E-state index in [9.17, 15) is 13.2 Å². The van der Waals surface area contributed by atoms with Crippen molar-refractivity contribution in [1.29, 1.82) is 0 Å². The van der Waals surface area contributed by atoms with Gasteiger partial charge >= 0.3 is 5.97 Å². The van der Waals surface area contributed by atoms with E-state index in [0.717, 1.165) is 18.6 Å². The smallest absolute Gasteiger partial charge is 0.352 e. The first kappa shape index (κ1) is 15.4. The Labute approximate surface area is 122 Å². The lowest BCUT2D eigenvalue weighted by Gasteiger charge is -2.22. The molecule has 1 saturated heterocycles. The van der Waals surface area contributed by atoms with E-state index in [-0.39, 0.29) is 15.3 Å². The molecule has 0 aromatic carbocycles. The maximum absolute atomic E-state index is 12.2. The van der Waals surface area contributed by atoms with Crippen molar-refractivity contribution in [2.75, 3.05) is 12.3 Å². The molecule has 6 nitrogen and oxygen atoms in total. The molecular weight excluding hydrogens is 300 g/mol. The quantitative estimate of drug-likeness (QED) is 0.854. The van der Waals surface area contributed by atoms with Gasteiger partial charge in [0.1, 0.15) is 10.6 Å². The van der Waals surface area contributed by atoms with Gasteiger partial charge in [0.05, 0.1) is 0 Å². The molecule has 0 spiro atoms. The fourth-order valence-corrected chi connectivity index (χ4v) is 4.78. The third kappa shape index (κ3) is 3.18. The Balaban J connectivity index is 2.14. The summed E-state index contributed by atoms with van der Waals surface area (Å²) in [6.45, 7) is 2.40. The van der Waals surface area contributed by atoms with Gasteiger partial charge in [-0.25, -0.2) is 17.9 Å². The first-order valence-electron chi connectivity index (χ1n) is 6.27. The highest BCUT2D eigenvalue weighted by Crippen LogP contribution is 2.37. The molecular formula is C12H18N2O4S2. The lowest BCUT2D eigenvalue weighted by atomic mass is 10.1. The van der Waals surface area contributed by atoms with E-state index in [1.54, 1.807) is 11.8 Å². The Morgan fingerprint density at radius 1 is 1.60 bits per heavy atom. The monoisotopic (exact) mass is 318 g/mol. The number of hydrogen-bond acceptors (Lipinski definition) is 4. The van der Waals surface area contributed by atoms with Crippen LogP contribution in [0.25, 0.3) is 0 Å². The Hall–Kier alpha value is -0.990. The summed E-state index contributed by atoms with van der Waals surface area (Å²) in [5, 5.41) is 8.95. The Morgan fingerprint density at radius 2 is 2.30 bits per heavy atom. The number of hydrogen-bond donors (Lipinski definition) is 2. The summed E-state index contributed by atoms with van der Waals surface area (Å²) in [6.07, 6.45) is 3.39. The number of carbonyl (C=O) groups is 1. The molecule has 1 aliphatic rings. The summed E-state index contributed by atoms with van der Waals surface area (Å²) < 4.78 is 28.2. The van der Waals surface area contributed by atoms with Crippen molar-refractivity contribution in [3.63, 3.8) is 0 Å². The van der Waals surface area contributed by atoms with Crippen LogP contribution >= 0.6 is 11.8 Å². The van der Waals surface area contributed by atoms with Crippen LogP contribution in [0.15, 0.2) is 17.2 Å². The van der Waals surface area contributed by atoms with Gasteiger partial charge in [-0.2, -0.15) is 11.8 Å². The lowest BCUT2D eigenvalue weighted by molar-refractivity contribution is 0.0686. The summed E-state index contributed by atoms with van der Waals surface area (Å²) in [5.74, 6) is -0.0977. The van der Waals surface area contributed by atoms with Gasteiger partial charge < -0.3 is 9.67 Å². The molecule has 2 N–H and O–H groups in total. The summed E-state index contributed by atoms with van der Waals surface area (Å²) in [6, 6.07) is 1.18. The molecule has 1 fully saturated rings. The molecule has 0 radical (unpaired) electrons. The number of aryl methyl sites for hydroxylation is 1. The van der Waals surface area contributed by atoms with Crippen LogP contribution in [-0.2, 0) is 17.1 Å². The maximum Gasteiger partial charge on any atom is 0.352 e. The second-order valence-corrected chi connectivity index (χ2v) is 8.65. The van der Waals surface area contributed by atoms with Crippen molar-refractivity contribution >= 4 is 27.8 Å². The van der Waals surface area contributed by atoms with E-state index in [0.29, 0.717) is 6.54 Å². The zero-order valence-electron chi connectivity index (χ0n) is 11.4. The molecule has 2 rings (SSSR count). The fraction of sp³-hybridized carbons (Fsp3) is 0.583. The van der Waals surface area contributed by atoms with Gasteiger partial charge in [0, 0.05) is 24.5 Å². The van der Waals surface area contributed by atoms with Gasteiger partial charge in [0.15, 0.2) is 0 Å². The number of nitrogens with zero attached hydrogens (tertiary/aromatic N) is 1. The van der Waals surface area contributed by atoms with Crippen LogP contribution in [0.5, 0.6) is 0 Å². The molecule has 0 bridgehead atoms. The highest BCUT2D eigenvalue weighted by atomic mass is 32.2. The predicted octanol–water partition coefficient (Wildman–Crippen LogP) is 1.29. The van der Waals surface area contributed by atoms with Crippen molar-refractivity contribution in [1.82, 2.24) is 9.29 Å². The first-order valence-corrected chi connectivity index (χ1v) is 8.74. The molecule has 1 aliphatic heterocycles. The summed E-state index contributed by atoms with van der Waals surface area (Å²) >= 11 is 1.77. The summed E-state index contributed by atoms with van der Waals surface area (Å²) in [4.78, 5) is 10.9. The second-order valence-electron chi connectivity index (χ2n) is 5.20. The minimum Gasteiger partial charge on any atom is -0.477 e.